The molecule has 2 aromatic heterocycles. The Morgan fingerprint density at radius 2 is 1.18 bits per heavy atom. The van der Waals surface area contributed by atoms with E-state index in [1.165, 1.54) is 44.5 Å². The summed E-state index contributed by atoms with van der Waals surface area (Å²) in [5.74, 6) is 7.23. The van der Waals surface area contributed by atoms with E-state index in [2.05, 4.69) is 243 Å². The summed E-state index contributed by atoms with van der Waals surface area (Å²) in [6.45, 7) is 4.71. The highest BCUT2D eigenvalue weighted by molar-refractivity contribution is 6.05. The van der Waals surface area contributed by atoms with Gasteiger partial charge in [-0.25, -0.2) is 9.97 Å². The number of benzene rings is 7. The van der Waals surface area contributed by atoms with E-state index in [1.54, 1.807) is 0 Å². The smallest absolute Gasteiger partial charge is 0.235 e. The first kappa shape index (κ1) is 39.3. The quantitative estimate of drug-likeness (QED) is 0.150. The lowest BCUT2D eigenvalue weighted by atomic mass is 9.82. The minimum atomic E-state index is -0.100. The Kier molecular flexibility index (Phi) is 9.55. The number of nitrogens with zero attached hydrogens (tertiary/aromatic N) is 3. The van der Waals surface area contributed by atoms with Gasteiger partial charge in [-0.15, -0.1) is 0 Å². The third-order valence-corrected chi connectivity index (χ3v) is 13.6. The summed E-state index contributed by atoms with van der Waals surface area (Å²) in [7, 11) is 0. The Labute approximate surface area is 386 Å². The third kappa shape index (κ3) is 6.70. The second-order valence-electron chi connectivity index (χ2n) is 17.9. The van der Waals surface area contributed by atoms with Crippen LogP contribution in [0.15, 0.2) is 212 Å². The van der Waals surface area contributed by atoms with Crippen LogP contribution in [-0.4, -0.2) is 14.5 Å². The molecular formula is C63H45N3. The normalized spacial score (nSPS) is 14.4. The number of para-hydroxylation sites is 1. The van der Waals surface area contributed by atoms with Gasteiger partial charge in [0.15, 0.2) is 0 Å². The van der Waals surface area contributed by atoms with Crippen molar-refractivity contribution in [1.82, 2.24) is 14.5 Å². The van der Waals surface area contributed by atoms with Crippen LogP contribution in [0.25, 0.3) is 90.0 Å². The van der Waals surface area contributed by atoms with Gasteiger partial charge in [0.25, 0.3) is 0 Å². The number of allylic oxidation sites excluding steroid dienone is 7. The fourth-order valence-corrected chi connectivity index (χ4v) is 10.4. The maximum Gasteiger partial charge on any atom is 0.235 e. The van der Waals surface area contributed by atoms with Crippen molar-refractivity contribution in [3.05, 3.63) is 240 Å². The van der Waals surface area contributed by atoms with Crippen LogP contribution in [0, 0.1) is 11.8 Å². The van der Waals surface area contributed by atoms with Crippen LogP contribution < -0.4 is 0 Å². The molecule has 12 rings (SSSR count). The van der Waals surface area contributed by atoms with Crippen LogP contribution in [0.4, 0.5) is 0 Å². The van der Waals surface area contributed by atoms with Gasteiger partial charge < -0.3 is 0 Å². The highest BCUT2D eigenvalue weighted by Crippen LogP contribution is 2.52. The summed E-state index contributed by atoms with van der Waals surface area (Å²) in [5, 5.41) is 1.20. The Bertz CT molecular complexity index is 3530. The summed E-state index contributed by atoms with van der Waals surface area (Å²) in [5.41, 5.74) is 21.7. The van der Waals surface area contributed by atoms with Gasteiger partial charge in [0.05, 0.1) is 16.9 Å². The zero-order valence-corrected chi connectivity index (χ0v) is 37.0. The molecule has 66 heavy (non-hydrogen) atoms. The van der Waals surface area contributed by atoms with Gasteiger partial charge in [-0.3, -0.25) is 4.57 Å². The van der Waals surface area contributed by atoms with E-state index >= 15 is 0 Å². The van der Waals surface area contributed by atoms with Crippen molar-refractivity contribution in [1.29, 1.82) is 0 Å². The number of rotatable bonds is 7. The first-order valence-electron chi connectivity index (χ1n) is 22.8. The molecule has 3 aliphatic carbocycles. The molecule has 0 atom stereocenters. The van der Waals surface area contributed by atoms with E-state index in [9.17, 15) is 0 Å². The van der Waals surface area contributed by atoms with Crippen LogP contribution in [0.2, 0.25) is 0 Å². The summed E-state index contributed by atoms with van der Waals surface area (Å²) in [6, 6.07) is 65.3. The molecule has 0 radical (unpaired) electrons. The fraction of sp³-hybridized carbons (Fsp3) is 0.0794. The molecule has 312 valence electrons. The van der Waals surface area contributed by atoms with Crippen LogP contribution in [0.1, 0.15) is 48.2 Å². The van der Waals surface area contributed by atoms with Crippen molar-refractivity contribution in [2.45, 2.75) is 32.1 Å². The largest absolute Gasteiger partial charge is 0.281 e. The molecule has 0 bridgehead atoms. The standard InChI is InChI=1S/C63H45N3/c1-63(2)55-33-18-16-31-49(55)53-40-54-50-32-17-19-34-59(50)66(60(54)36-35-56(53)63)62-64-57(44-25-14-7-15-26-44)41-58(65-62)47-30-20-29-46(37-47)48-38-51(42-21-10-5-11-22-42)61(45-27-8-3-4-9-28-45)52(39-48)43-23-12-6-13-24-43/h5-8,10-35,37-41H,3,36H2,1-2H3. The molecule has 0 aliphatic heterocycles. The molecule has 3 nitrogen and oxygen atoms in total. The predicted octanol–water partition coefficient (Wildman–Crippen LogP) is 15.4. The summed E-state index contributed by atoms with van der Waals surface area (Å²) >= 11 is 0. The highest BCUT2D eigenvalue weighted by Gasteiger charge is 2.39. The molecule has 3 heteroatoms. The minimum Gasteiger partial charge on any atom is -0.281 e. The van der Waals surface area contributed by atoms with Gasteiger partial charge in [0.2, 0.25) is 5.95 Å². The molecule has 0 saturated carbocycles. The van der Waals surface area contributed by atoms with Crippen LogP contribution in [-0.2, 0) is 11.8 Å². The van der Waals surface area contributed by atoms with E-state index in [-0.39, 0.29) is 5.41 Å². The van der Waals surface area contributed by atoms with Crippen molar-refractivity contribution >= 4 is 28.1 Å². The van der Waals surface area contributed by atoms with Crippen molar-refractivity contribution in [2.24, 2.45) is 0 Å². The number of hydrogen-bond acceptors (Lipinski definition) is 2. The average molecular weight is 844 g/mol. The van der Waals surface area contributed by atoms with Crippen molar-refractivity contribution in [2.75, 3.05) is 0 Å². The monoisotopic (exact) mass is 843 g/mol. The first-order valence-corrected chi connectivity index (χ1v) is 22.8. The maximum absolute atomic E-state index is 5.53. The van der Waals surface area contributed by atoms with Gasteiger partial charge in [0.1, 0.15) is 0 Å². The van der Waals surface area contributed by atoms with Gasteiger partial charge in [0, 0.05) is 46.0 Å². The van der Waals surface area contributed by atoms with E-state index in [0.717, 1.165) is 79.8 Å². The Balaban J connectivity index is 1.05. The molecule has 7 aromatic carbocycles. The minimum absolute atomic E-state index is 0.100. The van der Waals surface area contributed by atoms with Gasteiger partial charge >= 0.3 is 0 Å². The van der Waals surface area contributed by atoms with Crippen LogP contribution in [0.3, 0.4) is 0 Å². The van der Waals surface area contributed by atoms with E-state index in [0.29, 0.717) is 5.95 Å². The summed E-state index contributed by atoms with van der Waals surface area (Å²) in [6.07, 6.45) is 12.8. The van der Waals surface area contributed by atoms with E-state index in [4.69, 9.17) is 9.97 Å². The number of fused-ring (bicyclic) bond motifs is 6. The summed E-state index contributed by atoms with van der Waals surface area (Å²) < 4.78 is 2.32. The zero-order chi connectivity index (χ0) is 44.2. The molecule has 3 aliphatic rings. The van der Waals surface area contributed by atoms with Crippen LogP contribution >= 0.6 is 0 Å². The molecule has 0 unspecified atom stereocenters. The molecule has 9 aromatic rings. The molecular weight excluding hydrogens is 799 g/mol. The van der Waals surface area contributed by atoms with Crippen molar-refractivity contribution in [3.8, 4) is 73.7 Å². The van der Waals surface area contributed by atoms with E-state index in [1.807, 2.05) is 0 Å². The van der Waals surface area contributed by atoms with Crippen molar-refractivity contribution in [3.63, 3.8) is 0 Å². The second kappa shape index (κ2) is 16.0. The highest BCUT2D eigenvalue weighted by atomic mass is 15.2. The lowest BCUT2D eigenvalue weighted by molar-refractivity contribution is 0.658. The van der Waals surface area contributed by atoms with Gasteiger partial charge in [-0.1, -0.05) is 196 Å². The Morgan fingerprint density at radius 3 is 1.92 bits per heavy atom. The van der Waals surface area contributed by atoms with E-state index < -0.39 is 0 Å². The first-order chi connectivity index (χ1) is 32.5. The SMILES string of the molecule is CC1(C)C2=CCc3c(c4ccccc4n3-c3nc(-c4ccccc4)cc(-c4cccc(-c5cc(-c6ccccc6)c(C6=CC#CCC=C6)c(-c6ccccc6)c5)c4)n3)C=C2c2ccccc21. The predicted molar refractivity (Wildman–Crippen MR) is 275 cm³/mol. The second-order valence-corrected chi connectivity index (χ2v) is 17.9. The number of hydrogen-bond donors (Lipinski definition) is 0. The zero-order valence-electron chi connectivity index (χ0n) is 37.0. The Hall–Kier alpha value is -8.32. The topological polar surface area (TPSA) is 30.7 Å². The lowest BCUT2D eigenvalue weighted by Crippen LogP contribution is -2.15. The molecule has 0 spiro atoms. The lowest BCUT2D eigenvalue weighted by Gasteiger charge is -2.22. The van der Waals surface area contributed by atoms with Gasteiger partial charge in [-0.05, 0) is 109 Å². The van der Waals surface area contributed by atoms with Crippen LogP contribution in [0.5, 0.6) is 0 Å². The van der Waals surface area contributed by atoms with Crippen molar-refractivity contribution < 1.29 is 0 Å². The summed E-state index contributed by atoms with van der Waals surface area (Å²) in [4.78, 5) is 10.9. The molecule has 0 saturated heterocycles. The Morgan fingerprint density at radius 1 is 0.561 bits per heavy atom. The molecule has 0 fully saturated rings. The third-order valence-electron chi connectivity index (χ3n) is 13.6. The molecule has 0 N–H and O–H groups in total. The fourth-order valence-electron chi connectivity index (χ4n) is 10.4. The maximum atomic E-state index is 5.53. The molecule has 2 heterocycles. The molecule has 0 amide bonds. The average Bonchev–Trinajstić information content (AvgIpc) is 3.53. The van der Waals surface area contributed by atoms with Gasteiger partial charge in [-0.2, -0.15) is 0 Å². The number of aromatic nitrogens is 3.